The summed E-state index contributed by atoms with van der Waals surface area (Å²) in [7, 11) is 0. The van der Waals surface area contributed by atoms with Crippen LogP contribution in [0.4, 0.5) is 5.95 Å². The Balaban J connectivity index is 1.75. The molecule has 0 amide bonds. The average Bonchev–Trinajstić information content (AvgIpc) is 3.09. The lowest BCUT2D eigenvalue weighted by Gasteiger charge is -2.27. The van der Waals surface area contributed by atoms with Crippen LogP contribution in [0.1, 0.15) is 35.2 Å². The second kappa shape index (κ2) is 7.31. The number of aromatic amines is 2. The number of aryl methyl sites for hydroxylation is 1. The van der Waals surface area contributed by atoms with E-state index in [9.17, 15) is 14.7 Å². The summed E-state index contributed by atoms with van der Waals surface area (Å²) in [6.07, 6.45) is 1.11. The van der Waals surface area contributed by atoms with E-state index in [1.807, 2.05) is 43.3 Å². The highest BCUT2D eigenvalue weighted by Gasteiger charge is 2.34. The molecule has 6 heteroatoms. The van der Waals surface area contributed by atoms with Gasteiger partial charge in [0.2, 0.25) is 5.78 Å². The van der Waals surface area contributed by atoms with Gasteiger partial charge in [0, 0.05) is 17.6 Å². The van der Waals surface area contributed by atoms with Crippen molar-refractivity contribution in [3.8, 4) is 0 Å². The monoisotopic (exact) mass is 375 g/mol. The predicted octanol–water partition coefficient (Wildman–Crippen LogP) is 2.32. The maximum Gasteiger partial charge on any atom is 0.354 e. The van der Waals surface area contributed by atoms with E-state index in [1.165, 1.54) is 0 Å². The molecule has 142 valence electrons. The number of fused-ring (bicyclic) bond motifs is 1. The van der Waals surface area contributed by atoms with Gasteiger partial charge in [-0.2, -0.15) is 0 Å². The summed E-state index contributed by atoms with van der Waals surface area (Å²) >= 11 is 0. The Morgan fingerprint density at radius 1 is 1.14 bits per heavy atom. The molecule has 0 saturated carbocycles. The quantitative estimate of drug-likeness (QED) is 0.669. The summed E-state index contributed by atoms with van der Waals surface area (Å²) in [5.41, 5.74) is 3.25. The van der Waals surface area contributed by atoms with E-state index < -0.39 is 6.04 Å². The second-order valence-electron chi connectivity index (χ2n) is 7.09. The first kappa shape index (κ1) is 18.0. The standard InChI is InChI=1S/C22H21N3O3/c1-13-9-11-14(12-10-13)21(28)20(19-17(26)7-4-8-18(19)27)25-22-23-15-5-2-3-6-16(15)24-22/h2-3,5-6,9-12,20,26H,4,7-8H2,1H3,(H2,23,24,25). The van der Waals surface area contributed by atoms with Crippen molar-refractivity contribution in [2.75, 3.05) is 5.32 Å². The highest BCUT2D eigenvalue weighted by Crippen LogP contribution is 2.25. The molecule has 6 nitrogen and oxygen atoms in total. The number of allylic oxidation sites excluding steroid dienone is 1. The minimum atomic E-state index is -1.03. The zero-order valence-corrected chi connectivity index (χ0v) is 15.5. The molecule has 0 bridgehead atoms. The number of ketones is 2. The number of H-pyrrole nitrogens is 2. The van der Waals surface area contributed by atoms with Crippen molar-refractivity contribution in [1.29, 1.82) is 0 Å². The van der Waals surface area contributed by atoms with Crippen molar-refractivity contribution in [1.82, 2.24) is 4.98 Å². The van der Waals surface area contributed by atoms with Gasteiger partial charge in [0.05, 0.1) is 0 Å². The van der Waals surface area contributed by atoms with E-state index in [0.29, 0.717) is 17.9 Å². The molecule has 0 fully saturated rings. The molecule has 1 atom stereocenters. The van der Waals surface area contributed by atoms with Gasteiger partial charge in [-0.15, -0.1) is 5.76 Å². The maximum atomic E-state index is 13.3. The highest BCUT2D eigenvalue weighted by atomic mass is 16.3. The lowest BCUT2D eigenvalue weighted by atomic mass is 9.87. The summed E-state index contributed by atoms with van der Waals surface area (Å²) < 4.78 is 0. The Hall–Kier alpha value is -3.41. The lowest BCUT2D eigenvalue weighted by molar-refractivity contribution is -0.327. The Labute approximate surface area is 162 Å². The first-order chi connectivity index (χ1) is 13.5. The number of aromatic nitrogens is 2. The Kier molecular flexibility index (Phi) is 4.69. The van der Waals surface area contributed by atoms with E-state index in [-0.39, 0.29) is 35.7 Å². The number of carbonyl (C=O) groups is 2. The van der Waals surface area contributed by atoms with Crippen LogP contribution in [0.3, 0.4) is 0 Å². The summed E-state index contributed by atoms with van der Waals surface area (Å²) in [6, 6.07) is 13.7. The van der Waals surface area contributed by atoms with Gasteiger partial charge in [0.1, 0.15) is 11.0 Å². The van der Waals surface area contributed by atoms with Crippen LogP contribution < -0.4 is 15.4 Å². The van der Waals surface area contributed by atoms with Gasteiger partial charge in [-0.25, -0.2) is 9.97 Å². The highest BCUT2D eigenvalue weighted by molar-refractivity contribution is 6.11. The molecular weight excluding hydrogens is 354 g/mol. The third-order valence-corrected chi connectivity index (χ3v) is 5.03. The summed E-state index contributed by atoms with van der Waals surface area (Å²) in [5, 5.41) is 15.6. The van der Waals surface area contributed by atoms with Gasteiger partial charge >= 0.3 is 5.95 Å². The van der Waals surface area contributed by atoms with Crippen LogP contribution in [0, 0.1) is 6.92 Å². The molecule has 4 rings (SSSR count). The molecule has 1 aromatic heterocycles. The van der Waals surface area contributed by atoms with Crippen molar-refractivity contribution < 1.29 is 19.7 Å². The van der Waals surface area contributed by atoms with Crippen molar-refractivity contribution in [2.45, 2.75) is 32.2 Å². The molecule has 0 saturated heterocycles. The van der Waals surface area contributed by atoms with Gasteiger partial charge in [0.15, 0.2) is 11.8 Å². The van der Waals surface area contributed by atoms with Crippen molar-refractivity contribution in [3.05, 3.63) is 71.0 Å². The van der Waals surface area contributed by atoms with Crippen LogP contribution in [0.25, 0.3) is 11.0 Å². The van der Waals surface area contributed by atoms with E-state index in [0.717, 1.165) is 16.6 Å². The van der Waals surface area contributed by atoms with Crippen LogP contribution in [-0.4, -0.2) is 22.6 Å². The van der Waals surface area contributed by atoms with Gasteiger partial charge < -0.3 is 5.11 Å². The fourth-order valence-corrected chi connectivity index (χ4v) is 3.53. The molecule has 3 N–H and O–H groups in total. The lowest BCUT2D eigenvalue weighted by Crippen LogP contribution is -2.40. The van der Waals surface area contributed by atoms with Crippen LogP contribution in [0.2, 0.25) is 0 Å². The number of Topliss-reactive ketones (excluding diaryl/α,β-unsaturated/α-hetero) is 2. The number of carbonyl (C=O) groups excluding carboxylic acids is 2. The zero-order chi connectivity index (χ0) is 19.7. The van der Waals surface area contributed by atoms with Crippen LogP contribution >= 0.6 is 0 Å². The van der Waals surface area contributed by atoms with Gasteiger partial charge in [-0.05, 0) is 31.9 Å². The van der Waals surface area contributed by atoms with E-state index in [1.54, 1.807) is 12.1 Å². The average molecular weight is 375 g/mol. The number of anilines is 1. The molecular formula is C22H21N3O3. The number of imidazole rings is 1. The Morgan fingerprint density at radius 3 is 2.61 bits per heavy atom. The second-order valence-corrected chi connectivity index (χ2v) is 7.09. The minimum absolute atomic E-state index is 0.0453. The normalized spacial score (nSPS) is 15.7. The molecule has 2 aromatic carbocycles. The fraction of sp³-hybridized carbons (Fsp3) is 0.227. The Morgan fingerprint density at radius 2 is 1.89 bits per heavy atom. The van der Waals surface area contributed by atoms with Crippen molar-refractivity contribution in [3.63, 3.8) is 0 Å². The molecule has 1 unspecified atom stereocenters. The number of hydrogen-bond donors (Lipinski definition) is 2. The van der Waals surface area contributed by atoms with E-state index in [4.69, 9.17) is 0 Å². The molecule has 1 heterocycles. The molecule has 0 aliphatic heterocycles. The first-order valence-corrected chi connectivity index (χ1v) is 9.33. The summed E-state index contributed by atoms with van der Waals surface area (Å²) in [4.78, 5) is 32.1. The number of hydrogen-bond acceptors (Lipinski definition) is 4. The Bertz CT molecular complexity index is 1050. The van der Waals surface area contributed by atoms with Crippen molar-refractivity contribution in [2.24, 2.45) is 0 Å². The summed E-state index contributed by atoms with van der Waals surface area (Å²) in [6.45, 7) is 1.94. The molecule has 28 heavy (non-hydrogen) atoms. The maximum absolute atomic E-state index is 13.3. The third-order valence-electron chi connectivity index (χ3n) is 5.03. The van der Waals surface area contributed by atoms with Gasteiger partial charge in [-0.3, -0.25) is 14.9 Å². The smallest absolute Gasteiger partial charge is 0.354 e. The van der Waals surface area contributed by atoms with Crippen LogP contribution in [0.15, 0.2) is 59.9 Å². The molecule has 0 radical (unpaired) electrons. The largest absolute Gasteiger partial charge is 0.875 e. The minimum Gasteiger partial charge on any atom is -0.875 e. The van der Waals surface area contributed by atoms with Gasteiger partial charge in [0.25, 0.3) is 0 Å². The topological polar surface area (TPSA) is 99.2 Å². The number of nitrogens with one attached hydrogen (secondary N) is 3. The SMILES string of the molecule is Cc1ccc(C(=O)C(Nc2[nH]c3ccccc3[nH+]2)C2=C([O-])CCCC2=O)cc1. The fourth-order valence-electron chi connectivity index (χ4n) is 3.53. The van der Waals surface area contributed by atoms with E-state index >= 15 is 0 Å². The molecule has 1 aliphatic rings. The van der Waals surface area contributed by atoms with Gasteiger partial charge in [-0.1, -0.05) is 42.0 Å². The summed E-state index contributed by atoms with van der Waals surface area (Å²) in [5.74, 6) is -0.341. The number of benzene rings is 2. The first-order valence-electron chi connectivity index (χ1n) is 9.33. The molecule has 0 spiro atoms. The zero-order valence-electron chi connectivity index (χ0n) is 15.5. The number of rotatable bonds is 5. The predicted molar refractivity (Wildman–Crippen MR) is 104 cm³/mol. The van der Waals surface area contributed by atoms with Crippen molar-refractivity contribution >= 4 is 28.5 Å². The van der Waals surface area contributed by atoms with Crippen LogP contribution in [0.5, 0.6) is 0 Å². The van der Waals surface area contributed by atoms with E-state index in [2.05, 4.69) is 15.3 Å². The molecule has 1 aliphatic carbocycles. The van der Waals surface area contributed by atoms with Crippen LogP contribution in [-0.2, 0) is 4.79 Å². The molecule has 3 aromatic rings. The third kappa shape index (κ3) is 3.41. The number of para-hydroxylation sites is 2.